The van der Waals surface area contributed by atoms with Gasteiger partial charge in [0, 0.05) is 19.5 Å². The van der Waals surface area contributed by atoms with Gasteiger partial charge in [0.15, 0.2) is 5.82 Å². The van der Waals surface area contributed by atoms with Crippen molar-refractivity contribution in [2.45, 2.75) is 26.0 Å². The van der Waals surface area contributed by atoms with Crippen LogP contribution in [-0.4, -0.2) is 66.6 Å². The predicted octanol–water partition coefficient (Wildman–Crippen LogP) is 1.14. The highest BCUT2D eigenvalue weighted by Gasteiger charge is 2.18. The van der Waals surface area contributed by atoms with Crippen LogP contribution in [0.1, 0.15) is 17.1 Å². The molecule has 0 radical (unpaired) electrons. The van der Waals surface area contributed by atoms with Gasteiger partial charge in [-0.1, -0.05) is 17.3 Å². The van der Waals surface area contributed by atoms with Gasteiger partial charge in [-0.05, 0) is 22.6 Å². The number of morpholine rings is 1. The van der Waals surface area contributed by atoms with E-state index < -0.39 is 4.92 Å². The van der Waals surface area contributed by atoms with Crippen molar-refractivity contribution in [2.75, 3.05) is 26.3 Å². The minimum atomic E-state index is -0.462. The highest BCUT2D eigenvalue weighted by molar-refractivity contribution is 5.78. The van der Waals surface area contributed by atoms with E-state index in [0.717, 1.165) is 5.56 Å². The predicted molar refractivity (Wildman–Crippen MR) is 115 cm³/mol. The van der Waals surface area contributed by atoms with E-state index in [0.29, 0.717) is 63.0 Å². The number of amides is 1. The summed E-state index contributed by atoms with van der Waals surface area (Å²) in [7, 11) is 1.62. The van der Waals surface area contributed by atoms with Crippen molar-refractivity contribution in [1.82, 2.24) is 29.4 Å². The van der Waals surface area contributed by atoms with Gasteiger partial charge < -0.3 is 24.5 Å². The van der Waals surface area contributed by atoms with E-state index in [9.17, 15) is 14.9 Å². The smallest absolute Gasteiger partial charge is 0.342 e. The Bertz CT molecular complexity index is 1100. The fourth-order valence-corrected chi connectivity index (χ4v) is 3.53. The molecular formula is C21H25N7O5. The second-order valence-corrected chi connectivity index (χ2v) is 7.67. The lowest BCUT2D eigenvalue weighted by atomic mass is 10.1. The van der Waals surface area contributed by atoms with Crippen molar-refractivity contribution >= 4 is 11.7 Å². The van der Waals surface area contributed by atoms with Gasteiger partial charge in [0.05, 0.1) is 39.4 Å². The fraction of sp³-hybridized carbons (Fsp3) is 0.429. The molecule has 0 spiro atoms. The molecular weight excluding hydrogens is 430 g/mol. The van der Waals surface area contributed by atoms with Crippen LogP contribution < -0.4 is 4.74 Å². The van der Waals surface area contributed by atoms with Crippen LogP contribution in [0.15, 0.2) is 36.7 Å². The summed E-state index contributed by atoms with van der Waals surface area (Å²) < 4.78 is 14.2. The zero-order valence-corrected chi connectivity index (χ0v) is 18.3. The molecule has 3 aromatic rings. The van der Waals surface area contributed by atoms with Gasteiger partial charge in [0.2, 0.25) is 5.91 Å². The van der Waals surface area contributed by atoms with E-state index in [4.69, 9.17) is 9.47 Å². The number of benzene rings is 1. The number of aryl methyl sites for hydroxylation is 2. The normalized spacial score (nSPS) is 13.8. The summed E-state index contributed by atoms with van der Waals surface area (Å²) in [6.07, 6.45) is 3.86. The molecule has 1 fully saturated rings. The molecule has 1 aliphatic rings. The number of aromatic nitrogens is 5. The SMILES string of the molecule is Cn1c([N+](=O)[O-])cnc1CCn1cc(COc2ccc(CC(=O)N3CCOCC3)cc2)nn1. The Labute approximate surface area is 189 Å². The first-order valence-electron chi connectivity index (χ1n) is 10.6. The Morgan fingerprint density at radius 1 is 1.24 bits per heavy atom. The number of imidazole rings is 1. The molecule has 12 heteroatoms. The molecule has 0 saturated carbocycles. The molecule has 3 heterocycles. The maximum Gasteiger partial charge on any atom is 0.342 e. The van der Waals surface area contributed by atoms with Crippen molar-refractivity contribution in [3.05, 3.63) is 63.9 Å². The lowest BCUT2D eigenvalue weighted by Crippen LogP contribution is -2.41. The molecule has 0 unspecified atom stereocenters. The Kier molecular flexibility index (Phi) is 6.93. The zero-order chi connectivity index (χ0) is 23.2. The first kappa shape index (κ1) is 22.4. The summed E-state index contributed by atoms with van der Waals surface area (Å²) in [6.45, 7) is 3.20. The Balaban J connectivity index is 1.24. The van der Waals surface area contributed by atoms with Crippen molar-refractivity contribution in [3.8, 4) is 5.75 Å². The Morgan fingerprint density at radius 3 is 2.70 bits per heavy atom. The number of hydrogen-bond donors (Lipinski definition) is 0. The van der Waals surface area contributed by atoms with Gasteiger partial charge in [-0.2, -0.15) is 0 Å². The van der Waals surface area contributed by atoms with Crippen LogP contribution >= 0.6 is 0 Å². The molecule has 0 atom stereocenters. The zero-order valence-electron chi connectivity index (χ0n) is 18.3. The van der Waals surface area contributed by atoms with Crippen LogP contribution in [0.3, 0.4) is 0 Å². The van der Waals surface area contributed by atoms with E-state index in [2.05, 4.69) is 15.3 Å². The van der Waals surface area contributed by atoms with E-state index in [1.54, 1.807) is 17.9 Å². The van der Waals surface area contributed by atoms with Crippen molar-refractivity contribution in [1.29, 1.82) is 0 Å². The lowest BCUT2D eigenvalue weighted by Gasteiger charge is -2.26. The molecule has 2 aromatic heterocycles. The highest BCUT2D eigenvalue weighted by Crippen LogP contribution is 2.16. The molecule has 1 saturated heterocycles. The monoisotopic (exact) mass is 455 g/mol. The Morgan fingerprint density at radius 2 is 2.00 bits per heavy atom. The van der Waals surface area contributed by atoms with Crippen molar-refractivity contribution in [3.63, 3.8) is 0 Å². The topological polar surface area (TPSA) is 130 Å². The molecule has 0 aliphatic carbocycles. The van der Waals surface area contributed by atoms with E-state index >= 15 is 0 Å². The molecule has 0 N–H and O–H groups in total. The maximum atomic E-state index is 12.3. The highest BCUT2D eigenvalue weighted by atomic mass is 16.6. The largest absolute Gasteiger partial charge is 0.487 e. The quantitative estimate of drug-likeness (QED) is 0.347. The van der Waals surface area contributed by atoms with Crippen LogP contribution in [0.4, 0.5) is 5.82 Å². The molecule has 174 valence electrons. The summed E-state index contributed by atoms with van der Waals surface area (Å²) in [5.41, 5.74) is 1.59. The lowest BCUT2D eigenvalue weighted by molar-refractivity contribution is -0.391. The van der Waals surface area contributed by atoms with Gasteiger partial charge in [0.1, 0.15) is 24.2 Å². The third-order valence-electron chi connectivity index (χ3n) is 5.43. The maximum absolute atomic E-state index is 12.3. The summed E-state index contributed by atoms with van der Waals surface area (Å²) in [6, 6.07) is 7.44. The van der Waals surface area contributed by atoms with E-state index in [1.807, 2.05) is 29.2 Å². The van der Waals surface area contributed by atoms with Crippen LogP contribution in [-0.2, 0) is 42.6 Å². The third-order valence-corrected chi connectivity index (χ3v) is 5.43. The standard InChI is InChI=1S/C21H25N7O5/c1-25-19(22-13-20(25)28(30)31)6-7-27-14-17(23-24-27)15-33-18-4-2-16(3-5-18)12-21(29)26-8-10-32-11-9-26/h2-5,13-14H,6-12,15H2,1H3. The average molecular weight is 455 g/mol. The number of carbonyl (C=O) groups is 1. The third kappa shape index (κ3) is 5.71. The number of nitrogens with zero attached hydrogens (tertiary/aromatic N) is 7. The van der Waals surface area contributed by atoms with Crippen molar-refractivity contribution in [2.24, 2.45) is 7.05 Å². The number of nitro groups is 1. The second-order valence-electron chi connectivity index (χ2n) is 7.67. The molecule has 1 amide bonds. The summed E-state index contributed by atoms with van der Waals surface area (Å²) in [4.78, 5) is 28.7. The summed E-state index contributed by atoms with van der Waals surface area (Å²) in [5.74, 6) is 1.33. The number of rotatable bonds is 9. The molecule has 12 nitrogen and oxygen atoms in total. The van der Waals surface area contributed by atoms with Crippen LogP contribution in [0, 0.1) is 10.1 Å². The van der Waals surface area contributed by atoms with Gasteiger partial charge in [0.25, 0.3) is 0 Å². The number of carbonyl (C=O) groups excluding carboxylic acids is 1. The first-order valence-corrected chi connectivity index (χ1v) is 10.6. The minimum absolute atomic E-state index is 0.0471. The van der Waals surface area contributed by atoms with Gasteiger partial charge in [-0.3, -0.25) is 9.48 Å². The van der Waals surface area contributed by atoms with Crippen LogP contribution in [0.2, 0.25) is 0 Å². The van der Waals surface area contributed by atoms with E-state index in [-0.39, 0.29) is 18.3 Å². The van der Waals surface area contributed by atoms with Crippen molar-refractivity contribution < 1.29 is 19.2 Å². The molecule has 33 heavy (non-hydrogen) atoms. The van der Waals surface area contributed by atoms with Crippen LogP contribution in [0.5, 0.6) is 5.75 Å². The summed E-state index contributed by atoms with van der Waals surface area (Å²) in [5, 5.41) is 19.1. The molecule has 4 rings (SSSR count). The minimum Gasteiger partial charge on any atom is -0.487 e. The molecule has 1 aliphatic heterocycles. The van der Waals surface area contributed by atoms with Gasteiger partial charge >= 0.3 is 5.82 Å². The first-order chi connectivity index (χ1) is 16.0. The van der Waals surface area contributed by atoms with Gasteiger partial charge in [-0.15, -0.1) is 5.10 Å². The fourth-order valence-electron chi connectivity index (χ4n) is 3.53. The Hall–Kier alpha value is -3.80. The van der Waals surface area contributed by atoms with E-state index in [1.165, 1.54) is 10.8 Å². The molecule has 0 bridgehead atoms. The molecule has 1 aromatic carbocycles. The number of hydrogen-bond acceptors (Lipinski definition) is 8. The second kappa shape index (κ2) is 10.2. The number of ether oxygens (including phenoxy) is 2. The summed E-state index contributed by atoms with van der Waals surface area (Å²) >= 11 is 0. The van der Waals surface area contributed by atoms with Gasteiger partial charge in [-0.25, -0.2) is 9.55 Å². The average Bonchev–Trinajstić information content (AvgIpc) is 3.44. The van der Waals surface area contributed by atoms with Crippen LogP contribution in [0.25, 0.3) is 0 Å².